The quantitative estimate of drug-likeness (QED) is 0.734. The molecule has 0 radical (unpaired) electrons. The molecule has 2 aromatic heterocycles. The number of benzene rings is 1. The standard InChI is InChI=1S/C19H20N6O/c1-2-8-21-17(3-1)24-15-4-6-16(7-5-15)26-19-18(22-9-10-23-19)25-13-11-20-12-14-25/h1-10,20H,11-14H2,(H,21,24). The van der Waals surface area contributed by atoms with Crippen LogP contribution in [0.1, 0.15) is 0 Å². The van der Waals surface area contributed by atoms with Crippen LogP contribution in [-0.2, 0) is 0 Å². The van der Waals surface area contributed by atoms with Crippen molar-refractivity contribution in [2.75, 3.05) is 36.4 Å². The molecule has 1 aliphatic rings. The van der Waals surface area contributed by atoms with Crippen LogP contribution in [0.2, 0.25) is 0 Å². The van der Waals surface area contributed by atoms with E-state index < -0.39 is 0 Å². The first-order chi connectivity index (χ1) is 12.9. The van der Waals surface area contributed by atoms with E-state index >= 15 is 0 Å². The molecule has 0 spiro atoms. The summed E-state index contributed by atoms with van der Waals surface area (Å²) >= 11 is 0. The molecule has 7 nitrogen and oxygen atoms in total. The van der Waals surface area contributed by atoms with Crippen molar-refractivity contribution in [3.63, 3.8) is 0 Å². The van der Waals surface area contributed by atoms with Crippen molar-refractivity contribution in [3.8, 4) is 11.6 Å². The van der Waals surface area contributed by atoms with Crippen LogP contribution in [-0.4, -0.2) is 41.1 Å². The number of piperazine rings is 1. The van der Waals surface area contributed by atoms with Crippen LogP contribution >= 0.6 is 0 Å². The van der Waals surface area contributed by atoms with Gasteiger partial charge in [0.15, 0.2) is 5.82 Å². The maximum absolute atomic E-state index is 5.99. The number of nitrogens with zero attached hydrogens (tertiary/aromatic N) is 4. The van der Waals surface area contributed by atoms with E-state index in [4.69, 9.17) is 4.74 Å². The van der Waals surface area contributed by atoms with Crippen molar-refractivity contribution in [2.45, 2.75) is 0 Å². The second-order valence-electron chi connectivity index (χ2n) is 5.89. The normalized spacial score (nSPS) is 14.1. The summed E-state index contributed by atoms with van der Waals surface area (Å²) in [6.45, 7) is 3.65. The molecule has 132 valence electrons. The van der Waals surface area contributed by atoms with Crippen LogP contribution in [0.3, 0.4) is 0 Å². The number of rotatable bonds is 5. The van der Waals surface area contributed by atoms with Gasteiger partial charge in [0, 0.05) is 50.5 Å². The number of ether oxygens (including phenoxy) is 1. The van der Waals surface area contributed by atoms with Gasteiger partial charge in [0.1, 0.15) is 11.6 Å². The highest BCUT2D eigenvalue weighted by molar-refractivity contribution is 5.57. The molecule has 1 aliphatic heterocycles. The van der Waals surface area contributed by atoms with Crippen LogP contribution in [0.5, 0.6) is 11.6 Å². The van der Waals surface area contributed by atoms with Crippen molar-refractivity contribution in [3.05, 3.63) is 61.1 Å². The molecule has 1 aromatic carbocycles. The van der Waals surface area contributed by atoms with E-state index in [0.717, 1.165) is 43.5 Å². The van der Waals surface area contributed by atoms with Gasteiger partial charge in [-0.3, -0.25) is 0 Å². The molecule has 1 saturated heterocycles. The Morgan fingerprint density at radius 2 is 1.69 bits per heavy atom. The maximum atomic E-state index is 5.99. The van der Waals surface area contributed by atoms with Gasteiger partial charge in [-0.1, -0.05) is 6.07 Å². The van der Waals surface area contributed by atoms with Crippen LogP contribution in [0.25, 0.3) is 0 Å². The topological polar surface area (TPSA) is 75.2 Å². The summed E-state index contributed by atoms with van der Waals surface area (Å²) < 4.78 is 5.99. The maximum Gasteiger partial charge on any atom is 0.263 e. The third-order valence-corrected chi connectivity index (χ3v) is 4.07. The molecule has 1 fully saturated rings. The summed E-state index contributed by atoms with van der Waals surface area (Å²) in [5.74, 6) is 2.83. The van der Waals surface area contributed by atoms with Crippen molar-refractivity contribution in [1.29, 1.82) is 0 Å². The first-order valence-electron chi connectivity index (χ1n) is 8.61. The van der Waals surface area contributed by atoms with E-state index in [1.165, 1.54) is 0 Å². The van der Waals surface area contributed by atoms with Gasteiger partial charge in [0.2, 0.25) is 0 Å². The van der Waals surface area contributed by atoms with Gasteiger partial charge in [-0.05, 0) is 36.4 Å². The van der Waals surface area contributed by atoms with Crippen LogP contribution in [0.4, 0.5) is 17.3 Å². The molecule has 0 bridgehead atoms. The third-order valence-electron chi connectivity index (χ3n) is 4.07. The molecule has 0 saturated carbocycles. The fourth-order valence-corrected chi connectivity index (χ4v) is 2.79. The molecular formula is C19H20N6O. The Bertz CT molecular complexity index is 834. The van der Waals surface area contributed by atoms with Gasteiger partial charge in [0.25, 0.3) is 5.88 Å². The van der Waals surface area contributed by atoms with Crippen LogP contribution in [0, 0.1) is 0 Å². The zero-order valence-electron chi connectivity index (χ0n) is 14.3. The molecule has 0 amide bonds. The Balaban J connectivity index is 1.47. The van der Waals surface area contributed by atoms with E-state index in [0.29, 0.717) is 11.6 Å². The average molecular weight is 348 g/mol. The van der Waals surface area contributed by atoms with Crippen molar-refractivity contribution < 1.29 is 4.74 Å². The van der Waals surface area contributed by atoms with Crippen molar-refractivity contribution in [2.24, 2.45) is 0 Å². The Morgan fingerprint density at radius 1 is 0.885 bits per heavy atom. The van der Waals surface area contributed by atoms with Gasteiger partial charge in [-0.2, -0.15) is 0 Å². The zero-order chi connectivity index (χ0) is 17.6. The first-order valence-corrected chi connectivity index (χ1v) is 8.61. The molecule has 7 heteroatoms. The minimum absolute atomic E-state index is 0.528. The highest BCUT2D eigenvalue weighted by Crippen LogP contribution is 2.29. The van der Waals surface area contributed by atoms with E-state index in [-0.39, 0.29) is 0 Å². The molecule has 0 atom stereocenters. The second kappa shape index (κ2) is 7.79. The number of nitrogens with one attached hydrogen (secondary N) is 2. The Kier molecular flexibility index (Phi) is 4.88. The first kappa shape index (κ1) is 16.3. The minimum atomic E-state index is 0.528. The molecule has 0 unspecified atom stereocenters. The van der Waals surface area contributed by atoms with Gasteiger partial charge >= 0.3 is 0 Å². The Morgan fingerprint density at radius 3 is 2.46 bits per heavy atom. The highest BCUT2D eigenvalue weighted by atomic mass is 16.5. The number of anilines is 3. The summed E-state index contributed by atoms with van der Waals surface area (Å²) in [6.07, 6.45) is 5.10. The average Bonchev–Trinajstić information content (AvgIpc) is 2.71. The lowest BCUT2D eigenvalue weighted by molar-refractivity contribution is 0.455. The van der Waals surface area contributed by atoms with Crippen molar-refractivity contribution in [1.82, 2.24) is 20.3 Å². The molecule has 3 aromatic rings. The van der Waals surface area contributed by atoms with E-state index in [9.17, 15) is 0 Å². The van der Waals surface area contributed by atoms with Gasteiger partial charge in [-0.25, -0.2) is 15.0 Å². The largest absolute Gasteiger partial charge is 0.436 e. The van der Waals surface area contributed by atoms with Crippen LogP contribution in [0.15, 0.2) is 61.1 Å². The summed E-state index contributed by atoms with van der Waals surface area (Å²) in [5.41, 5.74) is 0.942. The second-order valence-corrected chi connectivity index (χ2v) is 5.89. The third kappa shape index (κ3) is 3.89. The zero-order valence-corrected chi connectivity index (χ0v) is 14.3. The Labute approximate surface area is 152 Å². The lowest BCUT2D eigenvalue weighted by Gasteiger charge is -2.28. The molecule has 3 heterocycles. The lowest BCUT2D eigenvalue weighted by atomic mass is 10.3. The predicted molar refractivity (Wildman–Crippen MR) is 101 cm³/mol. The van der Waals surface area contributed by atoms with Crippen molar-refractivity contribution >= 4 is 17.3 Å². The van der Waals surface area contributed by atoms with E-state index in [1.54, 1.807) is 18.6 Å². The van der Waals surface area contributed by atoms with Crippen LogP contribution < -0.4 is 20.3 Å². The summed E-state index contributed by atoms with van der Waals surface area (Å²) in [6, 6.07) is 13.5. The molecule has 0 aliphatic carbocycles. The SMILES string of the molecule is c1ccc(Nc2ccc(Oc3nccnc3N3CCNCC3)cc2)nc1. The number of pyridine rings is 1. The summed E-state index contributed by atoms with van der Waals surface area (Å²) in [7, 11) is 0. The fraction of sp³-hybridized carbons (Fsp3) is 0.211. The number of aromatic nitrogens is 3. The van der Waals surface area contributed by atoms with Gasteiger partial charge in [0.05, 0.1) is 0 Å². The molecule has 2 N–H and O–H groups in total. The van der Waals surface area contributed by atoms with Gasteiger partial charge in [-0.15, -0.1) is 0 Å². The number of hydrogen-bond acceptors (Lipinski definition) is 7. The highest BCUT2D eigenvalue weighted by Gasteiger charge is 2.17. The summed E-state index contributed by atoms with van der Waals surface area (Å²) in [4.78, 5) is 15.3. The van der Waals surface area contributed by atoms with Gasteiger partial charge < -0.3 is 20.3 Å². The van der Waals surface area contributed by atoms with E-state index in [2.05, 4.69) is 30.5 Å². The lowest BCUT2D eigenvalue weighted by Crippen LogP contribution is -2.44. The molecule has 4 rings (SSSR count). The Hall–Kier alpha value is -3.19. The molecule has 26 heavy (non-hydrogen) atoms. The fourth-order valence-electron chi connectivity index (χ4n) is 2.79. The number of hydrogen-bond donors (Lipinski definition) is 2. The van der Waals surface area contributed by atoms with E-state index in [1.807, 2.05) is 42.5 Å². The minimum Gasteiger partial charge on any atom is -0.436 e. The molecular weight excluding hydrogens is 328 g/mol. The summed E-state index contributed by atoms with van der Waals surface area (Å²) in [5, 5.41) is 6.59. The smallest absolute Gasteiger partial charge is 0.263 e. The monoisotopic (exact) mass is 348 g/mol. The predicted octanol–water partition coefficient (Wildman–Crippen LogP) is 2.82.